The standard InChI is InChI=1S/C20H19F3N4O2/c1-27(11-17-25-16-5-3-2-4-15(16)19(29)26-17)10-13-6-8-14(9-7-13)18(28)24-12-20(21,22)23/h2-9H,10-12H2,1H3,(H,24,28)(H,25,26,29). The minimum Gasteiger partial charge on any atom is -0.343 e. The van der Waals surface area contributed by atoms with Crippen LogP contribution in [0.1, 0.15) is 21.7 Å². The molecule has 0 bridgehead atoms. The van der Waals surface area contributed by atoms with Crippen molar-refractivity contribution in [1.82, 2.24) is 20.2 Å². The molecule has 0 saturated carbocycles. The maximum Gasteiger partial charge on any atom is 0.405 e. The normalized spacial score (nSPS) is 11.8. The van der Waals surface area contributed by atoms with Crippen LogP contribution < -0.4 is 10.9 Å². The zero-order valence-corrected chi connectivity index (χ0v) is 15.6. The first kappa shape index (κ1) is 20.5. The highest BCUT2D eigenvalue weighted by Gasteiger charge is 2.27. The Morgan fingerprint density at radius 3 is 2.48 bits per heavy atom. The Hall–Kier alpha value is -3.20. The molecule has 0 atom stereocenters. The minimum absolute atomic E-state index is 0.154. The molecule has 9 heteroatoms. The second-order valence-corrected chi connectivity index (χ2v) is 6.70. The van der Waals surface area contributed by atoms with Gasteiger partial charge in [0.2, 0.25) is 0 Å². The van der Waals surface area contributed by atoms with E-state index in [1.165, 1.54) is 12.1 Å². The van der Waals surface area contributed by atoms with Crippen molar-refractivity contribution in [3.8, 4) is 0 Å². The number of hydrogen-bond donors (Lipinski definition) is 2. The molecule has 3 rings (SSSR count). The summed E-state index contributed by atoms with van der Waals surface area (Å²) in [6, 6.07) is 13.4. The van der Waals surface area contributed by atoms with Crippen molar-refractivity contribution in [3.05, 3.63) is 75.8 Å². The fraction of sp³-hybridized carbons (Fsp3) is 0.250. The van der Waals surface area contributed by atoms with E-state index in [0.717, 1.165) is 5.56 Å². The molecule has 0 unspecified atom stereocenters. The molecule has 0 fully saturated rings. The number of hydrogen-bond acceptors (Lipinski definition) is 4. The van der Waals surface area contributed by atoms with E-state index < -0.39 is 18.6 Å². The van der Waals surface area contributed by atoms with E-state index in [4.69, 9.17) is 0 Å². The van der Waals surface area contributed by atoms with Crippen LogP contribution in [0.15, 0.2) is 53.3 Å². The van der Waals surface area contributed by atoms with Gasteiger partial charge in [-0.05, 0) is 36.9 Å². The second kappa shape index (κ2) is 8.44. The van der Waals surface area contributed by atoms with Gasteiger partial charge in [-0.2, -0.15) is 13.2 Å². The average molecular weight is 404 g/mol. The fourth-order valence-electron chi connectivity index (χ4n) is 2.88. The van der Waals surface area contributed by atoms with Gasteiger partial charge in [0.1, 0.15) is 12.4 Å². The lowest BCUT2D eigenvalue weighted by Crippen LogP contribution is -2.33. The summed E-state index contributed by atoms with van der Waals surface area (Å²) in [7, 11) is 1.85. The highest BCUT2D eigenvalue weighted by Crippen LogP contribution is 2.13. The van der Waals surface area contributed by atoms with Crippen LogP contribution in [0.25, 0.3) is 10.9 Å². The molecule has 1 amide bonds. The summed E-state index contributed by atoms with van der Waals surface area (Å²) in [6.45, 7) is -0.470. The minimum atomic E-state index is -4.45. The summed E-state index contributed by atoms with van der Waals surface area (Å²) in [5.74, 6) is -0.250. The summed E-state index contributed by atoms with van der Waals surface area (Å²) in [5, 5.41) is 2.36. The van der Waals surface area contributed by atoms with E-state index in [2.05, 4.69) is 9.97 Å². The highest BCUT2D eigenvalue weighted by atomic mass is 19.4. The number of amides is 1. The van der Waals surface area contributed by atoms with E-state index in [0.29, 0.717) is 29.8 Å². The molecule has 29 heavy (non-hydrogen) atoms. The number of rotatable bonds is 6. The highest BCUT2D eigenvalue weighted by molar-refractivity contribution is 5.94. The fourth-order valence-corrected chi connectivity index (χ4v) is 2.88. The van der Waals surface area contributed by atoms with Crippen LogP contribution in [0.3, 0.4) is 0 Å². The van der Waals surface area contributed by atoms with Crippen molar-refractivity contribution in [2.24, 2.45) is 0 Å². The number of para-hydroxylation sites is 1. The molecule has 2 aromatic carbocycles. The predicted octanol–water partition coefficient (Wildman–Crippen LogP) is 2.85. The number of halogens is 3. The van der Waals surface area contributed by atoms with Crippen molar-refractivity contribution in [2.45, 2.75) is 19.3 Å². The van der Waals surface area contributed by atoms with Crippen molar-refractivity contribution in [1.29, 1.82) is 0 Å². The summed E-state index contributed by atoms with van der Waals surface area (Å²) in [6.07, 6.45) is -4.45. The summed E-state index contributed by atoms with van der Waals surface area (Å²) < 4.78 is 36.5. The lowest BCUT2D eigenvalue weighted by molar-refractivity contribution is -0.123. The zero-order valence-electron chi connectivity index (χ0n) is 15.6. The van der Waals surface area contributed by atoms with Gasteiger partial charge >= 0.3 is 6.18 Å². The van der Waals surface area contributed by atoms with Gasteiger partial charge in [0.25, 0.3) is 11.5 Å². The number of fused-ring (bicyclic) bond motifs is 1. The monoisotopic (exact) mass is 404 g/mol. The SMILES string of the molecule is CN(Cc1ccc(C(=O)NCC(F)(F)F)cc1)Cc1nc2ccccc2c(=O)[nH]1. The first-order chi connectivity index (χ1) is 13.7. The van der Waals surface area contributed by atoms with Gasteiger partial charge in [-0.3, -0.25) is 14.5 Å². The molecular formula is C20H19F3N4O2. The molecule has 3 aromatic rings. The molecule has 1 heterocycles. The van der Waals surface area contributed by atoms with E-state index in [1.54, 1.807) is 30.3 Å². The van der Waals surface area contributed by atoms with Crippen LogP contribution in [0.4, 0.5) is 13.2 Å². The van der Waals surface area contributed by atoms with Crippen LogP contribution in [-0.2, 0) is 13.1 Å². The van der Waals surface area contributed by atoms with Crippen molar-refractivity contribution in [3.63, 3.8) is 0 Å². The van der Waals surface area contributed by atoms with Crippen LogP contribution in [0.2, 0.25) is 0 Å². The number of benzene rings is 2. The molecule has 2 N–H and O–H groups in total. The first-order valence-corrected chi connectivity index (χ1v) is 8.82. The molecule has 0 aliphatic heterocycles. The van der Waals surface area contributed by atoms with Gasteiger partial charge in [-0.15, -0.1) is 0 Å². The molecule has 0 spiro atoms. The summed E-state index contributed by atoms with van der Waals surface area (Å²) in [4.78, 5) is 33.0. The molecule has 152 valence electrons. The van der Waals surface area contributed by atoms with E-state index in [-0.39, 0.29) is 11.1 Å². The van der Waals surface area contributed by atoms with Gasteiger partial charge in [0, 0.05) is 12.1 Å². The van der Waals surface area contributed by atoms with E-state index >= 15 is 0 Å². The number of aromatic nitrogens is 2. The molecule has 0 aliphatic rings. The third-order valence-corrected chi connectivity index (χ3v) is 4.20. The van der Waals surface area contributed by atoms with E-state index in [9.17, 15) is 22.8 Å². The first-order valence-electron chi connectivity index (χ1n) is 8.82. The Morgan fingerprint density at radius 1 is 1.10 bits per heavy atom. The zero-order chi connectivity index (χ0) is 21.0. The Labute approximate surface area is 164 Å². The average Bonchev–Trinajstić information content (AvgIpc) is 2.66. The Bertz CT molecular complexity index is 1060. The predicted molar refractivity (Wildman–Crippen MR) is 102 cm³/mol. The van der Waals surface area contributed by atoms with Gasteiger partial charge in [0.05, 0.1) is 17.4 Å². The number of nitrogens with zero attached hydrogens (tertiary/aromatic N) is 2. The number of aromatic amines is 1. The summed E-state index contributed by atoms with van der Waals surface area (Å²) in [5.41, 5.74) is 1.44. The lowest BCUT2D eigenvalue weighted by atomic mass is 10.1. The van der Waals surface area contributed by atoms with Crippen LogP contribution in [-0.4, -0.2) is 40.5 Å². The molecular weight excluding hydrogens is 385 g/mol. The van der Waals surface area contributed by atoms with Crippen LogP contribution in [0.5, 0.6) is 0 Å². The van der Waals surface area contributed by atoms with Crippen molar-refractivity contribution in [2.75, 3.05) is 13.6 Å². The third kappa shape index (κ3) is 5.64. The van der Waals surface area contributed by atoms with Crippen molar-refractivity contribution >= 4 is 16.8 Å². The maximum atomic E-state index is 12.2. The number of carbonyl (C=O) groups is 1. The molecule has 1 aromatic heterocycles. The van der Waals surface area contributed by atoms with Gasteiger partial charge < -0.3 is 10.3 Å². The van der Waals surface area contributed by atoms with Crippen LogP contribution >= 0.6 is 0 Å². The quantitative estimate of drug-likeness (QED) is 0.662. The second-order valence-electron chi connectivity index (χ2n) is 6.70. The van der Waals surface area contributed by atoms with Crippen molar-refractivity contribution < 1.29 is 18.0 Å². The smallest absolute Gasteiger partial charge is 0.343 e. The molecule has 0 radical (unpaired) electrons. The van der Waals surface area contributed by atoms with Crippen LogP contribution in [0, 0.1) is 0 Å². The molecule has 0 saturated heterocycles. The number of alkyl halides is 3. The van der Waals surface area contributed by atoms with E-state index in [1.807, 2.05) is 23.3 Å². The van der Waals surface area contributed by atoms with Gasteiger partial charge in [0.15, 0.2) is 0 Å². The Balaban J connectivity index is 1.61. The molecule has 6 nitrogen and oxygen atoms in total. The largest absolute Gasteiger partial charge is 0.405 e. The summed E-state index contributed by atoms with van der Waals surface area (Å²) >= 11 is 0. The van der Waals surface area contributed by atoms with Gasteiger partial charge in [-0.25, -0.2) is 4.98 Å². The van der Waals surface area contributed by atoms with Gasteiger partial charge in [-0.1, -0.05) is 24.3 Å². The maximum absolute atomic E-state index is 12.2. The number of H-pyrrole nitrogens is 1. The third-order valence-electron chi connectivity index (χ3n) is 4.20. The Kier molecular flexibility index (Phi) is 5.97. The number of nitrogens with one attached hydrogen (secondary N) is 2. The Morgan fingerprint density at radius 2 is 1.79 bits per heavy atom. The molecule has 0 aliphatic carbocycles. The topological polar surface area (TPSA) is 78.1 Å². The number of carbonyl (C=O) groups excluding carboxylic acids is 1. The lowest BCUT2D eigenvalue weighted by Gasteiger charge is -2.16.